The number of hydrogen-bond acceptors (Lipinski definition) is 3. The zero-order valence-electron chi connectivity index (χ0n) is 12.2. The maximum absolute atomic E-state index is 12.6. The van der Waals surface area contributed by atoms with Gasteiger partial charge in [0, 0.05) is 12.6 Å². The van der Waals surface area contributed by atoms with Crippen molar-refractivity contribution < 1.29 is 9.21 Å². The zero-order valence-corrected chi connectivity index (χ0v) is 12.2. The van der Waals surface area contributed by atoms with Gasteiger partial charge in [0.1, 0.15) is 5.76 Å². The fraction of sp³-hybridized carbons (Fsp3) is 0.353. The highest BCUT2D eigenvalue weighted by Gasteiger charge is 2.34. The number of carbonyl (C=O) groups excluding carboxylic acids is 1. The van der Waals surface area contributed by atoms with Crippen molar-refractivity contribution in [2.75, 3.05) is 0 Å². The minimum absolute atomic E-state index is 0.0429. The van der Waals surface area contributed by atoms with Gasteiger partial charge in [-0.2, -0.15) is 0 Å². The number of furan rings is 1. The summed E-state index contributed by atoms with van der Waals surface area (Å²) in [6, 6.07) is 12.1. The summed E-state index contributed by atoms with van der Waals surface area (Å²) in [6.07, 6.45) is 2.14. The van der Waals surface area contributed by atoms with E-state index in [0.717, 1.165) is 18.4 Å². The van der Waals surface area contributed by atoms with Gasteiger partial charge in [0.05, 0.1) is 6.54 Å². The van der Waals surface area contributed by atoms with E-state index >= 15 is 0 Å². The second-order valence-electron chi connectivity index (χ2n) is 5.62. The SMILES string of the molecule is Cc1cccc(CN(C(=O)c2ccc(CN)o2)C2CC2)c1. The van der Waals surface area contributed by atoms with Crippen LogP contribution >= 0.6 is 0 Å². The maximum atomic E-state index is 12.6. The van der Waals surface area contributed by atoms with E-state index in [4.69, 9.17) is 10.2 Å². The predicted molar refractivity (Wildman–Crippen MR) is 80.7 cm³/mol. The molecule has 1 amide bonds. The van der Waals surface area contributed by atoms with E-state index in [1.54, 1.807) is 12.1 Å². The summed E-state index contributed by atoms with van der Waals surface area (Å²) in [5.74, 6) is 0.985. The Morgan fingerprint density at radius 2 is 2.14 bits per heavy atom. The molecule has 21 heavy (non-hydrogen) atoms. The normalized spacial score (nSPS) is 14.2. The molecule has 2 N–H and O–H groups in total. The molecule has 0 saturated heterocycles. The van der Waals surface area contributed by atoms with Gasteiger partial charge in [-0.25, -0.2) is 0 Å². The van der Waals surface area contributed by atoms with Crippen LogP contribution in [0.15, 0.2) is 40.8 Å². The summed E-state index contributed by atoms with van der Waals surface area (Å²) in [4.78, 5) is 14.5. The number of nitrogens with two attached hydrogens (primary N) is 1. The first-order chi connectivity index (χ1) is 10.2. The Morgan fingerprint density at radius 3 is 2.76 bits per heavy atom. The first-order valence-corrected chi connectivity index (χ1v) is 7.32. The second-order valence-corrected chi connectivity index (χ2v) is 5.62. The van der Waals surface area contributed by atoms with Gasteiger partial charge in [0.15, 0.2) is 5.76 Å². The highest BCUT2D eigenvalue weighted by Crippen LogP contribution is 2.30. The molecule has 1 aliphatic rings. The van der Waals surface area contributed by atoms with Crippen molar-refractivity contribution in [1.82, 2.24) is 4.90 Å². The maximum Gasteiger partial charge on any atom is 0.290 e. The van der Waals surface area contributed by atoms with Gasteiger partial charge in [-0.1, -0.05) is 29.8 Å². The predicted octanol–water partition coefficient (Wildman–Crippen LogP) is 2.85. The fourth-order valence-corrected chi connectivity index (χ4v) is 2.50. The van der Waals surface area contributed by atoms with Crippen LogP contribution in [0.5, 0.6) is 0 Å². The molecule has 3 rings (SSSR count). The van der Waals surface area contributed by atoms with Crippen LogP contribution in [0, 0.1) is 6.92 Å². The summed E-state index contributed by atoms with van der Waals surface area (Å²) in [7, 11) is 0. The van der Waals surface area contributed by atoms with Crippen molar-refractivity contribution in [2.45, 2.75) is 38.9 Å². The summed E-state index contributed by atoms with van der Waals surface area (Å²) in [6.45, 7) is 3.01. The molecule has 110 valence electrons. The lowest BCUT2D eigenvalue weighted by Crippen LogP contribution is -2.32. The van der Waals surface area contributed by atoms with Crippen LogP contribution in [-0.2, 0) is 13.1 Å². The van der Waals surface area contributed by atoms with E-state index < -0.39 is 0 Å². The summed E-state index contributed by atoms with van der Waals surface area (Å²) in [5, 5.41) is 0. The van der Waals surface area contributed by atoms with Crippen molar-refractivity contribution in [3.05, 3.63) is 59.0 Å². The number of hydrogen-bond donors (Lipinski definition) is 1. The molecule has 0 atom stereocenters. The van der Waals surface area contributed by atoms with E-state index in [1.807, 2.05) is 11.0 Å². The second kappa shape index (κ2) is 5.74. The van der Waals surface area contributed by atoms with Gasteiger partial charge in [-0.15, -0.1) is 0 Å². The van der Waals surface area contributed by atoms with Gasteiger partial charge in [0.25, 0.3) is 5.91 Å². The number of carbonyl (C=O) groups is 1. The quantitative estimate of drug-likeness (QED) is 0.918. The number of nitrogens with zero attached hydrogens (tertiary/aromatic N) is 1. The molecule has 4 heteroatoms. The minimum Gasteiger partial charge on any atom is -0.455 e. The lowest BCUT2D eigenvalue weighted by molar-refractivity contribution is 0.0695. The lowest BCUT2D eigenvalue weighted by Gasteiger charge is -2.21. The van der Waals surface area contributed by atoms with Gasteiger partial charge in [-0.3, -0.25) is 4.79 Å². The molecule has 1 aliphatic carbocycles. The van der Waals surface area contributed by atoms with E-state index in [9.17, 15) is 4.79 Å². The summed E-state index contributed by atoms with van der Waals surface area (Å²) in [5.41, 5.74) is 7.89. The average Bonchev–Trinajstić information content (AvgIpc) is 3.20. The Labute approximate surface area is 124 Å². The molecule has 0 spiro atoms. The van der Waals surface area contributed by atoms with Crippen molar-refractivity contribution >= 4 is 5.91 Å². The molecule has 0 bridgehead atoms. The highest BCUT2D eigenvalue weighted by molar-refractivity contribution is 5.92. The van der Waals surface area contributed by atoms with Gasteiger partial charge in [0.2, 0.25) is 0 Å². The smallest absolute Gasteiger partial charge is 0.290 e. The standard InChI is InChI=1S/C17H20N2O2/c1-12-3-2-4-13(9-12)11-19(14-5-6-14)17(20)16-8-7-15(10-18)21-16/h2-4,7-9,14H,5-6,10-11,18H2,1H3. The number of amides is 1. The topological polar surface area (TPSA) is 59.5 Å². The van der Waals surface area contributed by atoms with Crippen LogP contribution < -0.4 is 5.73 Å². The first kappa shape index (κ1) is 13.9. The molecule has 2 aromatic rings. The van der Waals surface area contributed by atoms with E-state index in [1.165, 1.54) is 5.56 Å². The third kappa shape index (κ3) is 3.16. The minimum atomic E-state index is -0.0429. The van der Waals surface area contributed by atoms with Crippen LogP contribution in [-0.4, -0.2) is 16.8 Å². The molecule has 1 fully saturated rings. The Hall–Kier alpha value is -2.07. The van der Waals surface area contributed by atoms with E-state index in [-0.39, 0.29) is 5.91 Å². The monoisotopic (exact) mass is 284 g/mol. The Balaban J connectivity index is 1.79. The van der Waals surface area contributed by atoms with Gasteiger partial charge >= 0.3 is 0 Å². The molecule has 0 aliphatic heterocycles. The fourth-order valence-electron chi connectivity index (χ4n) is 2.50. The van der Waals surface area contributed by atoms with Crippen molar-refractivity contribution in [1.29, 1.82) is 0 Å². The van der Waals surface area contributed by atoms with Crippen molar-refractivity contribution in [3.63, 3.8) is 0 Å². The summed E-state index contributed by atoms with van der Waals surface area (Å²) >= 11 is 0. The van der Waals surface area contributed by atoms with Crippen LogP contribution in [0.1, 0.15) is 40.3 Å². The average molecular weight is 284 g/mol. The summed E-state index contributed by atoms with van der Waals surface area (Å²) < 4.78 is 5.50. The third-order valence-corrected chi connectivity index (χ3v) is 3.76. The van der Waals surface area contributed by atoms with Crippen LogP contribution in [0.25, 0.3) is 0 Å². The Bertz CT molecular complexity index is 644. The van der Waals surface area contributed by atoms with Crippen LogP contribution in [0.3, 0.4) is 0 Å². The van der Waals surface area contributed by atoms with Crippen molar-refractivity contribution in [2.24, 2.45) is 5.73 Å². The van der Waals surface area contributed by atoms with Crippen molar-refractivity contribution in [3.8, 4) is 0 Å². The highest BCUT2D eigenvalue weighted by atomic mass is 16.4. The van der Waals surface area contributed by atoms with E-state index in [0.29, 0.717) is 30.7 Å². The molecule has 0 radical (unpaired) electrons. The van der Waals surface area contributed by atoms with Gasteiger partial charge in [-0.05, 0) is 37.5 Å². The molecular weight excluding hydrogens is 264 g/mol. The molecule has 1 saturated carbocycles. The molecule has 1 aromatic heterocycles. The molecule has 0 unspecified atom stereocenters. The van der Waals surface area contributed by atoms with Crippen LogP contribution in [0.2, 0.25) is 0 Å². The first-order valence-electron chi connectivity index (χ1n) is 7.32. The largest absolute Gasteiger partial charge is 0.455 e. The third-order valence-electron chi connectivity index (χ3n) is 3.76. The molecule has 4 nitrogen and oxygen atoms in total. The van der Waals surface area contributed by atoms with Crippen LogP contribution in [0.4, 0.5) is 0 Å². The van der Waals surface area contributed by atoms with Gasteiger partial charge < -0.3 is 15.1 Å². The lowest BCUT2D eigenvalue weighted by atomic mass is 10.1. The molecule has 1 heterocycles. The Morgan fingerprint density at radius 1 is 1.33 bits per heavy atom. The molecular formula is C17H20N2O2. The number of benzene rings is 1. The number of rotatable bonds is 5. The Kier molecular flexibility index (Phi) is 3.80. The molecule has 1 aromatic carbocycles. The zero-order chi connectivity index (χ0) is 14.8. The number of aryl methyl sites for hydroxylation is 1. The van der Waals surface area contributed by atoms with E-state index in [2.05, 4.69) is 25.1 Å².